The molecule has 0 bridgehead atoms. The lowest BCUT2D eigenvalue weighted by molar-refractivity contribution is -0.123. The molecule has 1 aliphatic heterocycles. The fourth-order valence-corrected chi connectivity index (χ4v) is 1.79. The van der Waals surface area contributed by atoms with Crippen LogP contribution < -0.4 is 0 Å². The minimum Gasteiger partial charge on any atom is -0.459 e. The van der Waals surface area contributed by atoms with Gasteiger partial charge in [0.2, 0.25) is 0 Å². The molecule has 17 heavy (non-hydrogen) atoms. The number of ether oxygens (including phenoxy) is 3. The van der Waals surface area contributed by atoms with Crippen LogP contribution in [0.1, 0.15) is 23.2 Å². The molecule has 1 unspecified atom stereocenters. The van der Waals surface area contributed by atoms with Crippen molar-refractivity contribution in [2.75, 3.05) is 13.7 Å². The molecule has 1 aliphatic rings. The molecule has 1 aromatic carbocycles. The highest BCUT2D eigenvalue weighted by atomic mass is 16.7. The number of hydrogen-bond donors (Lipinski definition) is 0. The molecule has 0 saturated carbocycles. The first-order valence-electron chi connectivity index (χ1n) is 5.70. The smallest absolute Gasteiger partial charge is 0.338 e. The molecule has 92 valence electrons. The van der Waals surface area contributed by atoms with Crippen LogP contribution in [0.3, 0.4) is 0 Å². The van der Waals surface area contributed by atoms with Crippen LogP contribution in [0.25, 0.3) is 0 Å². The third-order valence-electron chi connectivity index (χ3n) is 2.74. The summed E-state index contributed by atoms with van der Waals surface area (Å²) in [5.41, 5.74) is 0.564. The Morgan fingerprint density at radius 1 is 1.35 bits per heavy atom. The molecule has 1 saturated heterocycles. The third kappa shape index (κ3) is 3.28. The van der Waals surface area contributed by atoms with E-state index in [1.165, 1.54) is 0 Å². The van der Waals surface area contributed by atoms with Gasteiger partial charge in [-0.25, -0.2) is 4.79 Å². The molecule has 4 nitrogen and oxygen atoms in total. The van der Waals surface area contributed by atoms with Crippen LogP contribution in [-0.2, 0) is 14.2 Å². The zero-order valence-electron chi connectivity index (χ0n) is 9.80. The first-order chi connectivity index (χ1) is 8.29. The Kier molecular flexibility index (Phi) is 4.12. The Morgan fingerprint density at radius 3 is 2.76 bits per heavy atom. The Morgan fingerprint density at radius 2 is 2.12 bits per heavy atom. The predicted molar refractivity (Wildman–Crippen MR) is 61.6 cm³/mol. The average molecular weight is 236 g/mol. The van der Waals surface area contributed by atoms with Crippen molar-refractivity contribution in [2.24, 2.45) is 0 Å². The number of methoxy groups -OCH3 is 1. The van der Waals surface area contributed by atoms with Gasteiger partial charge in [0.15, 0.2) is 6.29 Å². The van der Waals surface area contributed by atoms with Crippen LogP contribution in [0.5, 0.6) is 0 Å². The van der Waals surface area contributed by atoms with Crippen molar-refractivity contribution in [3.63, 3.8) is 0 Å². The lowest BCUT2D eigenvalue weighted by Gasteiger charge is -2.12. The topological polar surface area (TPSA) is 44.8 Å². The standard InChI is InChI=1S/C13H16O4/c1-15-12-8-7-11(17-12)9-16-13(14)10-5-3-2-4-6-10/h2-6,11-12H,7-9H2,1H3/t11-,12?/m0/s1. The molecule has 1 fully saturated rings. The van der Waals surface area contributed by atoms with Crippen LogP contribution in [0.15, 0.2) is 30.3 Å². The van der Waals surface area contributed by atoms with Crippen molar-refractivity contribution < 1.29 is 19.0 Å². The summed E-state index contributed by atoms with van der Waals surface area (Å²) in [6.07, 6.45) is 1.51. The first kappa shape index (κ1) is 12.1. The van der Waals surface area contributed by atoms with Gasteiger partial charge in [-0.1, -0.05) is 18.2 Å². The normalized spacial score (nSPS) is 23.6. The minimum atomic E-state index is -0.310. The zero-order chi connectivity index (χ0) is 12.1. The van der Waals surface area contributed by atoms with Crippen LogP contribution in [0.2, 0.25) is 0 Å². The van der Waals surface area contributed by atoms with Gasteiger partial charge in [0.05, 0.1) is 11.7 Å². The number of carbonyl (C=O) groups excluding carboxylic acids is 1. The number of esters is 1. The highest BCUT2D eigenvalue weighted by molar-refractivity contribution is 5.89. The molecule has 0 aliphatic carbocycles. The van der Waals surface area contributed by atoms with Crippen LogP contribution >= 0.6 is 0 Å². The van der Waals surface area contributed by atoms with E-state index in [1.54, 1.807) is 19.2 Å². The molecule has 2 atom stereocenters. The predicted octanol–water partition coefficient (Wildman–Crippen LogP) is 1.99. The molecule has 4 heteroatoms. The maximum absolute atomic E-state index is 11.6. The Hall–Kier alpha value is -1.39. The fourth-order valence-electron chi connectivity index (χ4n) is 1.79. The largest absolute Gasteiger partial charge is 0.459 e. The van der Waals surface area contributed by atoms with E-state index in [2.05, 4.69) is 0 Å². The summed E-state index contributed by atoms with van der Waals surface area (Å²) in [6, 6.07) is 8.94. The van der Waals surface area contributed by atoms with Gasteiger partial charge in [-0.2, -0.15) is 0 Å². The molecular weight excluding hydrogens is 220 g/mol. The number of hydrogen-bond acceptors (Lipinski definition) is 4. The quantitative estimate of drug-likeness (QED) is 0.750. The van der Waals surface area contributed by atoms with Gasteiger partial charge in [-0.05, 0) is 18.6 Å². The van der Waals surface area contributed by atoms with Gasteiger partial charge in [0.1, 0.15) is 6.61 Å². The molecule has 0 amide bonds. The van der Waals surface area contributed by atoms with E-state index in [0.29, 0.717) is 5.56 Å². The van der Waals surface area contributed by atoms with E-state index in [-0.39, 0.29) is 25.0 Å². The van der Waals surface area contributed by atoms with E-state index >= 15 is 0 Å². The highest BCUT2D eigenvalue weighted by Crippen LogP contribution is 2.20. The first-order valence-corrected chi connectivity index (χ1v) is 5.70. The summed E-state index contributed by atoms with van der Waals surface area (Å²) >= 11 is 0. The Balaban J connectivity index is 1.78. The van der Waals surface area contributed by atoms with E-state index in [4.69, 9.17) is 14.2 Å². The van der Waals surface area contributed by atoms with Gasteiger partial charge in [0.25, 0.3) is 0 Å². The Labute approximate surface area is 100 Å². The monoisotopic (exact) mass is 236 g/mol. The van der Waals surface area contributed by atoms with Gasteiger partial charge in [-0.15, -0.1) is 0 Å². The van der Waals surface area contributed by atoms with Crippen LogP contribution in [0.4, 0.5) is 0 Å². The molecule has 1 aromatic rings. The Bertz CT molecular complexity index is 363. The van der Waals surface area contributed by atoms with Gasteiger partial charge in [-0.3, -0.25) is 0 Å². The second kappa shape index (κ2) is 5.80. The molecule has 2 rings (SSSR count). The van der Waals surface area contributed by atoms with Gasteiger partial charge < -0.3 is 14.2 Å². The van der Waals surface area contributed by atoms with Crippen molar-refractivity contribution in [2.45, 2.75) is 25.2 Å². The minimum absolute atomic E-state index is 0.0485. The van der Waals surface area contributed by atoms with E-state index in [0.717, 1.165) is 12.8 Å². The molecule has 0 spiro atoms. The average Bonchev–Trinajstić information content (AvgIpc) is 2.85. The molecule has 0 aromatic heterocycles. The van der Waals surface area contributed by atoms with Crippen molar-refractivity contribution in [3.05, 3.63) is 35.9 Å². The van der Waals surface area contributed by atoms with E-state index in [1.807, 2.05) is 18.2 Å². The van der Waals surface area contributed by atoms with Crippen molar-refractivity contribution in [3.8, 4) is 0 Å². The van der Waals surface area contributed by atoms with Gasteiger partial charge in [0, 0.05) is 13.5 Å². The fraction of sp³-hybridized carbons (Fsp3) is 0.462. The second-order valence-electron chi connectivity index (χ2n) is 3.97. The van der Waals surface area contributed by atoms with E-state index < -0.39 is 0 Å². The number of benzene rings is 1. The second-order valence-corrected chi connectivity index (χ2v) is 3.97. The van der Waals surface area contributed by atoms with Crippen LogP contribution in [0, 0.1) is 0 Å². The lowest BCUT2D eigenvalue weighted by atomic mass is 10.2. The number of rotatable bonds is 4. The molecule has 1 heterocycles. The lowest BCUT2D eigenvalue weighted by Crippen LogP contribution is -2.20. The molecule has 0 N–H and O–H groups in total. The maximum Gasteiger partial charge on any atom is 0.338 e. The summed E-state index contributed by atoms with van der Waals surface area (Å²) in [5.74, 6) is -0.310. The third-order valence-corrected chi connectivity index (χ3v) is 2.74. The summed E-state index contributed by atoms with van der Waals surface area (Å²) in [5, 5.41) is 0. The summed E-state index contributed by atoms with van der Waals surface area (Å²) in [4.78, 5) is 11.6. The summed E-state index contributed by atoms with van der Waals surface area (Å²) in [6.45, 7) is 0.285. The summed E-state index contributed by atoms with van der Waals surface area (Å²) in [7, 11) is 1.61. The molecule has 0 radical (unpaired) electrons. The van der Waals surface area contributed by atoms with Gasteiger partial charge >= 0.3 is 5.97 Å². The number of carbonyl (C=O) groups is 1. The SMILES string of the molecule is COC1CC[C@@H](COC(=O)c2ccccc2)O1. The van der Waals surface area contributed by atoms with Crippen molar-refractivity contribution in [1.82, 2.24) is 0 Å². The van der Waals surface area contributed by atoms with E-state index in [9.17, 15) is 4.79 Å². The molecular formula is C13H16O4. The maximum atomic E-state index is 11.6. The zero-order valence-corrected chi connectivity index (χ0v) is 9.80. The van der Waals surface area contributed by atoms with Crippen molar-refractivity contribution >= 4 is 5.97 Å². The van der Waals surface area contributed by atoms with Crippen molar-refractivity contribution in [1.29, 1.82) is 0 Å². The van der Waals surface area contributed by atoms with Crippen LogP contribution in [-0.4, -0.2) is 32.1 Å². The summed E-state index contributed by atoms with van der Waals surface area (Å²) < 4.78 is 15.8. The highest BCUT2D eigenvalue weighted by Gasteiger charge is 2.26.